The number of fused-ring (bicyclic) bond motifs is 3. The van der Waals surface area contributed by atoms with E-state index in [1.54, 1.807) is 13.8 Å². The number of aliphatic hydroxyl groups excluding tert-OH is 1. The number of allylic oxidation sites excluding steroid dienone is 4. The first-order chi connectivity index (χ1) is 16.7. The number of rotatable bonds is 6. The van der Waals surface area contributed by atoms with Crippen LogP contribution in [0.3, 0.4) is 0 Å². The molecule has 3 rings (SSSR count). The van der Waals surface area contributed by atoms with Gasteiger partial charge in [0, 0.05) is 11.5 Å². The summed E-state index contributed by atoms with van der Waals surface area (Å²) in [4.78, 5) is 42.6. The summed E-state index contributed by atoms with van der Waals surface area (Å²) in [6, 6.07) is 0. The topological polar surface area (TPSA) is 101 Å². The number of hydrogen-bond donors (Lipinski definition) is 2. The molecule has 2 N–H and O–H groups in total. The average Bonchev–Trinajstić information content (AvgIpc) is 2.94. The summed E-state index contributed by atoms with van der Waals surface area (Å²) in [5.74, 6) is -2.55. The van der Waals surface area contributed by atoms with Crippen LogP contribution in [-0.4, -0.2) is 40.5 Å². The summed E-state index contributed by atoms with van der Waals surface area (Å²) in [6.45, 7) is 19.0. The van der Waals surface area contributed by atoms with Gasteiger partial charge in [-0.15, -0.1) is 0 Å². The first-order valence-corrected chi connectivity index (χ1v) is 13.7. The van der Waals surface area contributed by atoms with Gasteiger partial charge in [-0.25, -0.2) is 0 Å². The zero-order valence-corrected chi connectivity index (χ0v) is 24.7. The van der Waals surface area contributed by atoms with Gasteiger partial charge in [0.05, 0.1) is 18.1 Å². The summed E-state index contributed by atoms with van der Waals surface area (Å²) in [6.07, 6.45) is 3.17. The molecule has 3 aliphatic carbocycles. The van der Waals surface area contributed by atoms with E-state index in [9.17, 15) is 19.8 Å². The molecular weight excluding hydrogens is 468 g/mol. The van der Waals surface area contributed by atoms with Crippen LogP contribution in [0.2, 0.25) is 0 Å². The van der Waals surface area contributed by atoms with E-state index < -0.39 is 39.1 Å². The fourth-order valence-corrected chi connectivity index (χ4v) is 8.21. The molecule has 0 aliphatic heterocycles. The van der Waals surface area contributed by atoms with Crippen molar-refractivity contribution in [2.75, 3.05) is 7.11 Å². The molecule has 0 spiro atoms. The first kappa shape index (κ1) is 29.6. The van der Waals surface area contributed by atoms with Crippen LogP contribution >= 0.6 is 0 Å². The van der Waals surface area contributed by atoms with Crippen molar-refractivity contribution in [2.24, 2.45) is 45.3 Å². The van der Waals surface area contributed by atoms with Gasteiger partial charge in [-0.3, -0.25) is 14.4 Å². The van der Waals surface area contributed by atoms with E-state index in [-0.39, 0.29) is 47.9 Å². The zero-order valence-electron chi connectivity index (χ0n) is 24.7. The van der Waals surface area contributed by atoms with Crippen molar-refractivity contribution < 1.29 is 29.3 Å². The molecule has 2 bridgehead atoms. The molecule has 2 fully saturated rings. The van der Waals surface area contributed by atoms with E-state index in [0.29, 0.717) is 18.4 Å². The van der Waals surface area contributed by atoms with Crippen molar-refractivity contribution in [3.63, 3.8) is 0 Å². The average molecular weight is 517 g/mol. The Labute approximate surface area is 222 Å². The maximum Gasteiger partial charge on any atom is 0.319 e. The lowest BCUT2D eigenvalue weighted by Gasteiger charge is -2.48. The third-order valence-electron chi connectivity index (χ3n) is 10.3. The molecule has 0 unspecified atom stereocenters. The van der Waals surface area contributed by atoms with E-state index in [1.165, 1.54) is 7.11 Å². The van der Waals surface area contributed by atoms with Crippen molar-refractivity contribution in [1.82, 2.24) is 0 Å². The van der Waals surface area contributed by atoms with Gasteiger partial charge in [0.1, 0.15) is 11.2 Å². The molecule has 0 aromatic heterocycles. The number of methoxy groups -OCH3 is 1. The Balaban J connectivity index is 2.46. The number of carbonyl (C=O) groups is 3. The molecule has 0 radical (unpaired) electrons. The number of ketones is 2. The zero-order chi connectivity index (χ0) is 28.5. The Morgan fingerprint density at radius 1 is 1.14 bits per heavy atom. The highest BCUT2D eigenvalue weighted by Crippen LogP contribution is 2.70. The Kier molecular flexibility index (Phi) is 7.25. The second-order valence-electron chi connectivity index (χ2n) is 14.2. The summed E-state index contributed by atoms with van der Waals surface area (Å²) in [5.41, 5.74) is -4.04. The second-order valence-corrected chi connectivity index (χ2v) is 14.2. The Bertz CT molecular complexity index is 1050. The van der Waals surface area contributed by atoms with Crippen molar-refractivity contribution in [2.45, 2.75) is 101 Å². The molecule has 0 heterocycles. The molecule has 0 saturated heterocycles. The molecule has 0 aromatic rings. The molecule has 3 aliphatic rings. The van der Waals surface area contributed by atoms with Crippen LogP contribution in [0.4, 0.5) is 0 Å². The fraction of sp³-hybridized carbons (Fsp3) is 0.774. The number of hydrogen-bond acceptors (Lipinski definition) is 6. The van der Waals surface area contributed by atoms with Gasteiger partial charge in [0.25, 0.3) is 0 Å². The molecule has 37 heavy (non-hydrogen) atoms. The van der Waals surface area contributed by atoms with E-state index in [0.717, 1.165) is 5.57 Å². The molecular formula is C31H48O6. The predicted molar refractivity (Wildman–Crippen MR) is 144 cm³/mol. The lowest BCUT2D eigenvalue weighted by atomic mass is 9.54. The van der Waals surface area contributed by atoms with Gasteiger partial charge in [0.2, 0.25) is 0 Å². The predicted octanol–water partition coefficient (Wildman–Crippen LogP) is 5.98. The van der Waals surface area contributed by atoms with Crippen LogP contribution in [0.15, 0.2) is 23.0 Å². The summed E-state index contributed by atoms with van der Waals surface area (Å²) >= 11 is 0. The standard InChI is InChI=1S/C31H48O6/c1-17(2)12-13-30-15-19(27(5,6)22(24(30)33)23(32)18(3)4)14-20-28(7,8)21(29(9,10)36)16-31(20,25(30)34)26(35)37-11/h12,18-21,33,36H,13-16H2,1-11H3/t19-,20+,21-,30+,31+/m0/s1. The normalized spacial score (nSPS) is 34.6. The van der Waals surface area contributed by atoms with Crippen LogP contribution < -0.4 is 0 Å². The van der Waals surface area contributed by atoms with E-state index in [1.807, 2.05) is 61.5 Å². The smallest absolute Gasteiger partial charge is 0.319 e. The molecule has 2 saturated carbocycles. The number of ether oxygens (including phenoxy) is 1. The molecule has 208 valence electrons. The SMILES string of the molecule is COC(=O)[C@]12C[C@H](C(C)(C)O)C(C)(C)[C@H]1C[C@H]1C[C@@](CC=C(C)C)(C2=O)C(O)=C(C(=O)C(C)C)C1(C)C. The van der Waals surface area contributed by atoms with Gasteiger partial charge < -0.3 is 14.9 Å². The fourth-order valence-electron chi connectivity index (χ4n) is 8.21. The van der Waals surface area contributed by atoms with Crippen LogP contribution in [-0.2, 0) is 19.1 Å². The van der Waals surface area contributed by atoms with Crippen molar-refractivity contribution in [1.29, 1.82) is 0 Å². The lowest BCUT2D eigenvalue weighted by Crippen LogP contribution is -2.53. The van der Waals surface area contributed by atoms with E-state index in [4.69, 9.17) is 4.74 Å². The second kappa shape index (κ2) is 9.07. The minimum Gasteiger partial charge on any atom is -0.511 e. The van der Waals surface area contributed by atoms with Crippen LogP contribution in [0.1, 0.15) is 94.9 Å². The third-order valence-corrected chi connectivity index (χ3v) is 10.3. The van der Waals surface area contributed by atoms with Gasteiger partial charge in [-0.1, -0.05) is 53.2 Å². The van der Waals surface area contributed by atoms with Crippen LogP contribution in [0.5, 0.6) is 0 Å². The van der Waals surface area contributed by atoms with Gasteiger partial charge in [0.15, 0.2) is 11.6 Å². The number of Topliss-reactive ketones (excluding diaryl/α,β-unsaturated/α-hetero) is 2. The van der Waals surface area contributed by atoms with Crippen molar-refractivity contribution in [3.05, 3.63) is 23.0 Å². The highest BCUT2D eigenvalue weighted by atomic mass is 16.5. The monoisotopic (exact) mass is 516 g/mol. The molecule has 5 atom stereocenters. The van der Waals surface area contributed by atoms with Gasteiger partial charge >= 0.3 is 5.97 Å². The minimum absolute atomic E-state index is 0.132. The van der Waals surface area contributed by atoms with Gasteiger partial charge in [-0.2, -0.15) is 0 Å². The number of esters is 1. The summed E-state index contributed by atoms with van der Waals surface area (Å²) in [5, 5.41) is 23.3. The lowest BCUT2D eigenvalue weighted by molar-refractivity contribution is -0.165. The summed E-state index contributed by atoms with van der Waals surface area (Å²) in [7, 11) is 1.30. The largest absolute Gasteiger partial charge is 0.511 e. The van der Waals surface area contributed by atoms with Crippen molar-refractivity contribution >= 4 is 17.5 Å². The van der Waals surface area contributed by atoms with Gasteiger partial charge in [-0.05, 0) is 82.0 Å². The van der Waals surface area contributed by atoms with E-state index >= 15 is 4.79 Å². The minimum atomic E-state index is -1.53. The Morgan fingerprint density at radius 2 is 1.70 bits per heavy atom. The van der Waals surface area contributed by atoms with Crippen LogP contribution in [0, 0.1) is 45.3 Å². The molecule has 0 aromatic carbocycles. The highest BCUT2D eigenvalue weighted by Gasteiger charge is 2.74. The molecule has 6 nitrogen and oxygen atoms in total. The maximum atomic E-state index is 15.1. The maximum absolute atomic E-state index is 15.1. The summed E-state index contributed by atoms with van der Waals surface area (Å²) < 4.78 is 5.37. The van der Waals surface area contributed by atoms with Crippen molar-refractivity contribution in [3.8, 4) is 0 Å². The Hall–Kier alpha value is -1.95. The highest BCUT2D eigenvalue weighted by molar-refractivity contribution is 6.10. The number of carbonyl (C=O) groups excluding carboxylic acids is 3. The molecule has 6 heteroatoms. The Morgan fingerprint density at radius 3 is 2.16 bits per heavy atom. The third kappa shape index (κ3) is 4.13. The number of aliphatic hydroxyl groups is 2. The van der Waals surface area contributed by atoms with Crippen LogP contribution in [0.25, 0.3) is 0 Å². The quantitative estimate of drug-likeness (QED) is 0.256. The molecule has 0 amide bonds. The van der Waals surface area contributed by atoms with E-state index in [2.05, 4.69) is 0 Å². The first-order valence-electron chi connectivity index (χ1n) is 13.7.